The fourth-order valence-electron chi connectivity index (χ4n) is 5.61. The second-order valence-corrected chi connectivity index (χ2v) is 12.5. The number of hydrogen-bond donors (Lipinski definition) is 2. The molecule has 58 heavy (non-hydrogen) atoms. The quantitative estimate of drug-likeness (QED) is 0.138. The van der Waals surface area contributed by atoms with Crippen LogP contribution in [-0.2, 0) is 49.4 Å². The summed E-state index contributed by atoms with van der Waals surface area (Å²) in [4.78, 5) is 78.3. The number of carbonyl (C=O) groups excluding carboxylic acids is 6. The number of esters is 2. The number of nitriles is 1. The van der Waals surface area contributed by atoms with Crippen molar-refractivity contribution in [1.82, 2.24) is 10.6 Å². The molecule has 0 aliphatic carbocycles. The maximum atomic E-state index is 13.0. The van der Waals surface area contributed by atoms with Gasteiger partial charge in [0.1, 0.15) is 31.9 Å². The summed E-state index contributed by atoms with van der Waals surface area (Å²) in [5.74, 6) is -2.20. The van der Waals surface area contributed by atoms with Crippen LogP contribution in [0.1, 0.15) is 48.6 Å². The summed E-state index contributed by atoms with van der Waals surface area (Å²) in [5, 5.41) is 15.8. The summed E-state index contributed by atoms with van der Waals surface area (Å²) in [6.07, 6.45) is 0.232. The molecule has 312 valence electrons. The fourth-order valence-corrected chi connectivity index (χ4v) is 5.61. The van der Waals surface area contributed by atoms with Gasteiger partial charge in [-0.2, -0.15) is 5.26 Å². The first-order valence-corrected chi connectivity index (χ1v) is 18.1. The van der Waals surface area contributed by atoms with E-state index in [4.69, 9.17) is 19.5 Å². The maximum absolute atomic E-state index is 13.0. The number of nitrogens with one attached hydrogen (secondary N) is 2. The Balaban J connectivity index is 0.000000452. The molecule has 0 saturated carbocycles. The summed E-state index contributed by atoms with van der Waals surface area (Å²) >= 11 is 0. The van der Waals surface area contributed by atoms with Crippen LogP contribution in [-0.4, -0.2) is 95.1 Å². The van der Waals surface area contributed by atoms with E-state index in [0.717, 1.165) is 39.2 Å². The molecule has 0 spiro atoms. The lowest BCUT2D eigenvalue weighted by Gasteiger charge is -2.30. The zero-order chi connectivity index (χ0) is 43.9. The summed E-state index contributed by atoms with van der Waals surface area (Å²) in [6, 6.07) is 20.5. The van der Waals surface area contributed by atoms with E-state index in [2.05, 4.69) is 15.3 Å². The van der Waals surface area contributed by atoms with Gasteiger partial charge in [-0.05, 0) is 76.3 Å². The maximum Gasteiger partial charge on any atom is 0.328 e. The van der Waals surface area contributed by atoms with Crippen molar-refractivity contribution in [2.24, 2.45) is 5.16 Å². The molecule has 3 aromatic rings. The SMILES string of the molecule is CCNC(=O)NC(=O)/C(C#N)=N/OC.COC(=O)C(C)N(C(=O)Cc1ccccc1)c1c(C)cccc1C.COCC(=O)N(c1c(C)cccc1C)C(C)C(=O)OC. The normalized spacial score (nSPS) is 11.3. The first-order valence-electron chi connectivity index (χ1n) is 18.1. The van der Waals surface area contributed by atoms with Crippen LogP contribution in [0, 0.1) is 39.0 Å². The van der Waals surface area contributed by atoms with Gasteiger partial charge in [-0.1, -0.05) is 71.9 Å². The number of hydrogen-bond acceptors (Lipinski definition) is 12. The Bertz CT molecular complexity index is 1900. The van der Waals surface area contributed by atoms with Crippen molar-refractivity contribution in [2.75, 3.05) is 51.4 Å². The van der Waals surface area contributed by atoms with Gasteiger partial charge in [0.2, 0.25) is 11.6 Å². The summed E-state index contributed by atoms with van der Waals surface area (Å²) in [7, 11) is 5.28. The van der Waals surface area contributed by atoms with E-state index < -0.39 is 41.7 Å². The molecule has 0 aliphatic rings. The predicted molar refractivity (Wildman–Crippen MR) is 219 cm³/mol. The minimum atomic E-state index is -0.903. The van der Waals surface area contributed by atoms with Gasteiger partial charge in [0.25, 0.3) is 11.8 Å². The van der Waals surface area contributed by atoms with Gasteiger partial charge in [0, 0.05) is 13.7 Å². The molecule has 16 nitrogen and oxygen atoms in total. The van der Waals surface area contributed by atoms with Gasteiger partial charge >= 0.3 is 18.0 Å². The van der Waals surface area contributed by atoms with Crippen molar-refractivity contribution in [3.8, 4) is 6.07 Å². The van der Waals surface area contributed by atoms with Crippen molar-refractivity contribution in [1.29, 1.82) is 5.26 Å². The molecule has 3 aromatic carbocycles. The average Bonchev–Trinajstić information content (AvgIpc) is 3.19. The molecule has 0 fully saturated rings. The first-order chi connectivity index (χ1) is 27.5. The molecule has 0 bridgehead atoms. The average molecular weight is 803 g/mol. The van der Waals surface area contributed by atoms with Gasteiger partial charge in [-0.25, -0.2) is 14.4 Å². The zero-order valence-corrected chi connectivity index (χ0v) is 35.0. The number of oxime groups is 1. The molecule has 0 saturated heterocycles. The lowest BCUT2D eigenvalue weighted by molar-refractivity contribution is -0.143. The number of amides is 5. The van der Waals surface area contributed by atoms with Crippen molar-refractivity contribution in [3.05, 3.63) is 94.5 Å². The molecular formula is C42H54N6O10. The van der Waals surface area contributed by atoms with Crippen LogP contribution in [0.3, 0.4) is 0 Å². The lowest BCUT2D eigenvalue weighted by atomic mass is 10.0. The number of anilines is 2. The second kappa shape index (κ2) is 25.5. The van der Waals surface area contributed by atoms with Gasteiger partial charge < -0.3 is 24.4 Å². The number of urea groups is 1. The Hall–Kier alpha value is -6.60. The first kappa shape index (κ1) is 49.4. The van der Waals surface area contributed by atoms with Crippen molar-refractivity contribution in [2.45, 2.75) is 67.0 Å². The summed E-state index contributed by atoms with van der Waals surface area (Å²) < 4.78 is 14.5. The number of carbonyl (C=O) groups is 6. The van der Waals surface area contributed by atoms with Crippen LogP contribution < -0.4 is 20.4 Å². The Kier molecular flexibility index (Phi) is 21.8. The molecule has 2 N–H and O–H groups in total. The topological polar surface area (TPSA) is 206 Å². The van der Waals surface area contributed by atoms with Crippen LogP contribution in [0.2, 0.25) is 0 Å². The van der Waals surface area contributed by atoms with E-state index in [9.17, 15) is 28.8 Å². The minimum Gasteiger partial charge on any atom is -0.467 e. The highest BCUT2D eigenvalue weighted by atomic mass is 16.6. The Morgan fingerprint density at radius 2 is 1.16 bits per heavy atom. The number of ether oxygens (including phenoxy) is 3. The Labute approximate surface area is 340 Å². The van der Waals surface area contributed by atoms with Crippen molar-refractivity contribution < 1.29 is 47.8 Å². The lowest BCUT2D eigenvalue weighted by Crippen LogP contribution is -2.46. The summed E-state index contributed by atoms with van der Waals surface area (Å²) in [6.45, 7) is 13.0. The number of para-hydroxylation sites is 2. The van der Waals surface area contributed by atoms with Crippen molar-refractivity contribution in [3.63, 3.8) is 0 Å². The van der Waals surface area contributed by atoms with Crippen LogP contribution in [0.5, 0.6) is 0 Å². The third-order valence-corrected chi connectivity index (χ3v) is 8.29. The highest BCUT2D eigenvalue weighted by Crippen LogP contribution is 2.29. The van der Waals surface area contributed by atoms with Crippen LogP contribution >= 0.6 is 0 Å². The Morgan fingerprint density at radius 3 is 1.53 bits per heavy atom. The van der Waals surface area contributed by atoms with E-state index in [1.165, 1.54) is 39.4 Å². The number of methoxy groups -OCH3 is 3. The largest absolute Gasteiger partial charge is 0.467 e. The molecular weight excluding hydrogens is 748 g/mol. The molecule has 0 aromatic heterocycles. The second-order valence-electron chi connectivity index (χ2n) is 12.5. The molecule has 3 rings (SSSR count). The molecule has 0 aliphatic heterocycles. The highest BCUT2D eigenvalue weighted by molar-refractivity contribution is 6.46. The van der Waals surface area contributed by atoms with E-state index >= 15 is 0 Å². The Morgan fingerprint density at radius 1 is 0.707 bits per heavy atom. The monoisotopic (exact) mass is 802 g/mol. The number of nitrogens with zero attached hydrogens (tertiary/aromatic N) is 4. The fraction of sp³-hybridized carbons (Fsp3) is 0.381. The summed E-state index contributed by atoms with van der Waals surface area (Å²) in [5.41, 5.74) is 5.65. The van der Waals surface area contributed by atoms with Crippen LogP contribution in [0.4, 0.5) is 16.2 Å². The van der Waals surface area contributed by atoms with Gasteiger partial charge in [-0.15, -0.1) is 0 Å². The van der Waals surface area contributed by atoms with E-state index in [0.29, 0.717) is 6.54 Å². The highest BCUT2D eigenvalue weighted by Gasteiger charge is 2.31. The number of benzene rings is 3. The van der Waals surface area contributed by atoms with E-state index in [1.807, 2.05) is 99.7 Å². The van der Waals surface area contributed by atoms with E-state index in [1.54, 1.807) is 25.7 Å². The molecule has 0 radical (unpaired) electrons. The molecule has 2 atom stereocenters. The number of rotatable bonds is 13. The zero-order valence-electron chi connectivity index (χ0n) is 35.0. The third-order valence-electron chi connectivity index (χ3n) is 8.29. The number of imide groups is 1. The van der Waals surface area contributed by atoms with Gasteiger partial charge in [0.15, 0.2) is 0 Å². The van der Waals surface area contributed by atoms with Gasteiger partial charge in [-0.3, -0.25) is 29.5 Å². The van der Waals surface area contributed by atoms with Crippen LogP contribution in [0.25, 0.3) is 0 Å². The van der Waals surface area contributed by atoms with Crippen LogP contribution in [0.15, 0.2) is 71.9 Å². The number of aryl methyl sites for hydroxylation is 4. The smallest absolute Gasteiger partial charge is 0.328 e. The third kappa shape index (κ3) is 14.8. The predicted octanol–water partition coefficient (Wildman–Crippen LogP) is 4.64. The van der Waals surface area contributed by atoms with E-state index in [-0.39, 0.29) is 24.8 Å². The van der Waals surface area contributed by atoms with Crippen molar-refractivity contribution >= 4 is 52.8 Å². The molecule has 5 amide bonds. The molecule has 16 heteroatoms. The molecule has 2 unspecified atom stereocenters. The standard InChI is InChI=1S/C20H23NO3.C15H21NO4.C7H10N4O3/c1-14-9-8-10-15(2)19(14)21(16(3)20(23)24-4)18(22)13-17-11-6-5-7-12-17;1-10-7-6-8-11(2)14(10)16(13(17)9-19-4)12(3)15(18)20-5;1-3-9-7(13)10-6(12)5(4-8)11-14-2/h5-12,16H,13H2,1-4H3;6-8,12H,9H2,1-5H3;3H2,1-2H3,(H2,9,10,12,13)/b;;11-5+. The molecule has 0 heterocycles. The minimum absolute atomic E-state index is 0.0882. The van der Waals surface area contributed by atoms with Gasteiger partial charge in [0.05, 0.1) is 32.0 Å².